The first-order valence-electron chi connectivity index (χ1n) is 13.1. The van der Waals surface area contributed by atoms with Gasteiger partial charge in [-0.1, -0.05) is 97.9 Å². The van der Waals surface area contributed by atoms with Crippen molar-refractivity contribution >= 4 is 23.3 Å². The number of nitrogens with zero attached hydrogens (tertiary/aromatic N) is 3. The van der Waals surface area contributed by atoms with Gasteiger partial charge < -0.3 is 4.90 Å². The van der Waals surface area contributed by atoms with Gasteiger partial charge in [-0.05, 0) is 35.9 Å². The molecule has 0 radical (unpaired) electrons. The molecule has 1 unspecified atom stereocenters. The molecule has 0 aliphatic carbocycles. The van der Waals surface area contributed by atoms with Crippen LogP contribution >= 0.6 is 11.8 Å². The number of benzene rings is 4. The monoisotopic (exact) mass is 527 g/mol. The molecule has 0 bridgehead atoms. The number of anilines is 2. The topological polar surface area (TPSA) is 38.1 Å². The number of thioether (sulfide) groups is 1. The second-order valence-electron chi connectivity index (χ2n) is 9.83. The van der Waals surface area contributed by atoms with Crippen molar-refractivity contribution in [1.82, 2.24) is 9.55 Å². The summed E-state index contributed by atoms with van der Waals surface area (Å²) in [6, 6.07) is 38.5. The van der Waals surface area contributed by atoms with Crippen LogP contribution < -0.4 is 10.5 Å². The molecule has 39 heavy (non-hydrogen) atoms. The molecule has 5 heteroatoms. The fourth-order valence-electron chi connectivity index (χ4n) is 5.42. The number of aromatic nitrogens is 2. The third-order valence-electron chi connectivity index (χ3n) is 7.29. The Morgan fingerprint density at radius 2 is 1.46 bits per heavy atom. The maximum atomic E-state index is 14.9. The number of hydrogen-bond acceptors (Lipinski definition) is 4. The Morgan fingerprint density at radius 1 is 0.846 bits per heavy atom. The molecule has 0 saturated heterocycles. The van der Waals surface area contributed by atoms with Crippen LogP contribution in [0.1, 0.15) is 18.1 Å². The summed E-state index contributed by atoms with van der Waals surface area (Å²) in [6.07, 6.45) is 1.87. The van der Waals surface area contributed by atoms with Crippen molar-refractivity contribution in [3.8, 4) is 17.1 Å². The van der Waals surface area contributed by atoms with Gasteiger partial charge in [-0.2, -0.15) is 0 Å². The quantitative estimate of drug-likeness (QED) is 0.161. The molecular formula is C34H29N3OS. The van der Waals surface area contributed by atoms with Gasteiger partial charge >= 0.3 is 0 Å². The van der Waals surface area contributed by atoms with Gasteiger partial charge in [0.2, 0.25) is 0 Å². The Kier molecular flexibility index (Phi) is 6.67. The van der Waals surface area contributed by atoms with Gasteiger partial charge in [0.15, 0.2) is 0 Å². The Hall–Kier alpha value is -4.35. The highest BCUT2D eigenvalue weighted by Gasteiger charge is 2.44. The van der Waals surface area contributed by atoms with Gasteiger partial charge in [0.25, 0.3) is 5.56 Å². The van der Waals surface area contributed by atoms with Crippen LogP contribution in [-0.4, -0.2) is 21.8 Å². The molecule has 1 aromatic heterocycles. The lowest BCUT2D eigenvalue weighted by Crippen LogP contribution is -2.44. The second kappa shape index (κ2) is 10.4. The molecule has 2 heterocycles. The molecule has 1 aliphatic rings. The first-order chi connectivity index (χ1) is 19.1. The molecule has 6 rings (SSSR count). The largest absolute Gasteiger partial charge is 0.322 e. The summed E-state index contributed by atoms with van der Waals surface area (Å²) in [5.41, 5.74) is 3.93. The predicted molar refractivity (Wildman–Crippen MR) is 163 cm³/mol. The van der Waals surface area contributed by atoms with Crippen molar-refractivity contribution in [1.29, 1.82) is 0 Å². The average Bonchev–Trinajstić information content (AvgIpc) is 2.99. The minimum Gasteiger partial charge on any atom is -0.322 e. The molecule has 192 valence electrons. The molecule has 0 amide bonds. The molecular weight excluding hydrogens is 498 g/mol. The van der Waals surface area contributed by atoms with E-state index in [0.29, 0.717) is 29.5 Å². The highest BCUT2D eigenvalue weighted by atomic mass is 32.2. The van der Waals surface area contributed by atoms with E-state index in [-0.39, 0.29) is 5.56 Å². The van der Waals surface area contributed by atoms with Crippen LogP contribution in [0.5, 0.6) is 0 Å². The van der Waals surface area contributed by atoms with Gasteiger partial charge in [-0.15, -0.1) is 18.3 Å². The summed E-state index contributed by atoms with van der Waals surface area (Å²) in [5.74, 6) is 2.01. The lowest BCUT2D eigenvalue weighted by atomic mass is 9.74. The van der Waals surface area contributed by atoms with Crippen molar-refractivity contribution in [3.63, 3.8) is 0 Å². The average molecular weight is 528 g/mol. The van der Waals surface area contributed by atoms with Crippen LogP contribution in [0.2, 0.25) is 0 Å². The maximum Gasteiger partial charge on any atom is 0.264 e. The molecule has 1 aliphatic heterocycles. The van der Waals surface area contributed by atoms with Gasteiger partial charge in [0.05, 0.1) is 11.3 Å². The fraction of sp³-hybridized carbons (Fsp3) is 0.118. The van der Waals surface area contributed by atoms with Gasteiger partial charge in [0.1, 0.15) is 11.6 Å². The third kappa shape index (κ3) is 4.39. The Bertz CT molecular complexity index is 1680. The zero-order valence-electron chi connectivity index (χ0n) is 21.8. The standard InChI is InChI=1S/C34H29N3OS/c1-3-23-36-29-22-14-13-21-28(29)34(2,24-39-27-19-11-6-12-20-27)30-32(36)35-31(25-15-7-4-8-16-25)37(33(30)38)26-17-9-5-10-18-26/h3-22H,1,23-24H2,2H3. The van der Waals surface area contributed by atoms with E-state index in [2.05, 4.69) is 60.9 Å². The van der Waals surface area contributed by atoms with Crippen molar-refractivity contribution in [2.24, 2.45) is 0 Å². The van der Waals surface area contributed by atoms with Crippen molar-refractivity contribution < 1.29 is 0 Å². The second-order valence-corrected chi connectivity index (χ2v) is 10.9. The fourth-order valence-corrected chi connectivity index (χ4v) is 6.52. The molecule has 0 N–H and O–H groups in total. The number of rotatable bonds is 7. The summed E-state index contributed by atoms with van der Waals surface area (Å²) in [4.78, 5) is 23.5. The molecule has 4 aromatic carbocycles. The van der Waals surface area contributed by atoms with Crippen LogP contribution in [0.15, 0.2) is 138 Å². The lowest BCUT2D eigenvalue weighted by Gasteiger charge is -2.42. The molecule has 0 spiro atoms. The van der Waals surface area contributed by atoms with E-state index in [4.69, 9.17) is 4.98 Å². The van der Waals surface area contributed by atoms with Crippen molar-refractivity contribution in [3.05, 3.63) is 149 Å². The lowest BCUT2D eigenvalue weighted by molar-refractivity contribution is 0.615. The first kappa shape index (κ1) is 25.0. The van der Waals surface area contributed by atoms with E-state index in [1.54, 1.807) is 16.3 Å². The van der Waals surface area contributed by atoms with Gasteiger partial charge in [-0.3, -0.25) is 9.36 Å². The third-order valence-corrected chi connectivity index (χ3v) is 8.62. The summed E-state index contributed by atoms with van der Waals surface area (Å²) in [6.45, 7) is 6.75. The van der Waals surface area contributed by atoms with Crippen LogP contribution in [0.3, 0.4) is 0 Å². The Balaban J connectivity index is 1.66. The maximum absolute atomic E-state index is 14.9. The summed E-state index contributed by atoms with van der Waals surface area (Å²) >= 11 is 1.76. The van der Waals surface area contributed by atoms with Crippen molar-refractivity contribution in [2.75, 3.05) is 17.2 Å². The van der Waals surface area contributed by atoms with Crippen LogP contribution in [-0.2, 0) is 5.41 Å². The van der Waals surface area contributed by atoms with Crippen molar-refractivity contribution in [2.45, 2.75) is 17.2 Å². The van der Waals surface area contributed by atoms with Crippen LogP contribution in [0.4, 0.5) is 11.5 Å². The van der Waals surface area contributed by atoms with Crippen LogP contribution in [0.25, 0.3) is 17.1 Å². The normalized spacial score (nSPS) is 15.9. The number of fused-ring (bicyclic) bond motifs is 2. The smallest absolute Gasteiger partial charge is 0.264 e. The molecule has 0 saturated carbocycles. The van der Waals surface area contributed by atoms with Crippen LogP contribution in [0, 0.1) is 0 Å². The first-order valence-corrected chi connectivity index (χ1v) is 14.0. The zero-order valence-corrected chi connectivity index (χ0v) is 22.6. The number of para-hydroxylation sites is 2. The zero-order chi connectivity index (χ0) is 26.8. The highest BCUT2D eigenvalue weighted by Crippen LogP contribution is 2.49. The SMILES string of the molecule is C=CCN1c2ccccc2C(C)(CSc2ccccc2)c2c1nc(-c1ccccc1)n(-c1ccccc1)c2=O. The minimum absolute atomic E-state index is 0.0511. The Morgan fingerprint density at radius 3 is 2.15 bits per heavy atom. The summed E-state index contributed by atoms with van der Waals surface area (Å²) < 4.78 is 1.78. The highest BCUT2D eigenvalue weighted by molar-refractivity contribution is 7.99. The summed E-state index contributed by atoms with van der Waals surface area (Å²) in [7, 11) is 0. The van der Waals surface area contributed by atoms with E-state index in [1.165, 1.54) is 4.90 Å². The molecule has 4 nitrogen and oxygen atoms in total. The van der Waals surface area contributed by atoms with Gasteiger partial charge in [-0.25, -0.2) is 4.98 Å². The predicted octanol–water partition coefficient (Wildman–Crippen LogP) is 7.64. The Labute approximate surface area is 233 Å². The number of hydrogen-bond donors (Lipinski definition) is 0. The van der Waals surface area contributed by atoms with E-state index in [9.17, 15) is 4.79 Å². The van der Waals surface area contributed by atoms with Gasteiger partial charge in [0, 0.05) is 33.9 Å². The molecule has 1 atom stereocenters. The molecule has 0 fully saturated rings. The van der Waals surface area contributed by atoms with E-state index < -0.39 is 5.41 Å². The van der Waals surface area contributed by atoms with E-state index >= 15 is 0 Å². The summed E-state index contributed by atoms with van der Waals surface area (Å²) in [5, 5.41) is 0. The van der Waals surface area contributed by atoms with E-state index in [0.717, 1.165) is 22.5 Å². The molecule has 5 aromatic rings. The minimum atomic E-state index is -0.583. The van der Waals surface area contributed by atoms with E-state index in [1.807, 2.05) is 78.9 Å².